The van der Waals surface area contributed by atoms with Gasteiger partial charge in [-0.2, -0.15) is 0 Å². The van der Waals surface area contributed by atoms with Crippen molar-refractivity contribution in [3.63, 3.8) is 0 Å². The summed E-state index contributed by atoms with van der Waals surface area (Å²) in [6.07, 6.45) is 17.4. The summed E-state index contributed by atoms with van der Waals surface area (Å²) in [6, 6.07) is 11.8. The van der Waals surface area contributed by atoms with E-state index in [1.54, 1.807) is 0 Å². The molecule has 29 heavy (non-hydrogen) atoms. The minimum Gasteiger partial charge on any atom is -0.423 e. The second kappa shape index (κ2) is 13.7. The van der Waals surface area contributed by atoms with Crippen LogP contribution in [-0.4, -0.2) is 11.0 Å². The zero-order valence-electron chi connectivity index (χ0n) is 18.0. The summed E-state index contributed by atoms with van der Waals surface area (Å²) < 4.78 is 5.36. The first kappa shape index (κ1) is 22.9. The van der Waals surface area contributed by atoms with E-state index in [1.807, 2.05) is 36.5 Å². The van der Waals surface area contributed by atoms with Crippen molar-refractivity contribution in [2.45, 2.75) is 78.1 Å². The molecule has 0 bridgehead atoms. The highest BCUT2D eigenvalue weighted by Gasteiger charge is 2.04. The monoisotopic (exact) mass is 393 g/mol. The molecule has 156 valence electrons. The van der Waals surface area contributed by atoms with Gasteiger partial charge in [-0.15, -0.1) is 0 Å². The van der Waals surface area contributed by atoms with E-state index in [1.165, 1.54) is 56.6 Å². The molecule has 0 saturated heterocycles. The number of nitrogens with zero attached hydrogens (tertiary/aromatic N) is 1. The zero-order chi connectivity index (χ0) is 20.7. The Balaban J connectivity index is 1.81. The van der Waals surface area contributed by atoms with Gasteiger partial charge < -0.3 is 4.74 Å². The Labute approximate surface area is 176 Å². The number of ether oxygens (including phenoxy) is 1. The Kier molecular flexibility index (Phi) is 10.8. The van der Waals surface area contributed by atoms with Crippen LogP contribution in [0, 0.1) is 0 Å². The predicted molar refractivity (Wildman–Crippen MR) is 121 cm³/mol. The van der Waals surface area contributed by atoms with E-state index in [-0.39, 0.29) is 5.97 Å². The lowest BCUT2D eigenvalue weighted by molar-refractivity contribution is -0.129. The van der Waals surface area contributed by atoms with Gasteiger partial charge in [0, 0.05) is 17.8 Å². The summed E-state index contributed by atoms with van der Waals surface area (Å²) in [5.74, 6) is 0.233. The molecule has 0 aliphatic rings. The van der Waals surface area contributed by atoms with Crippen LogP contribution < -0.4 is 4.74 Å². The molecule has 2 aromatic rings. The lowest BCUT2D eigenvalue weighted by Gasteiger charge is -2.06. The van der Waals surface area contributed by atoms with Gasteiger partial charge in [0.15, 0.2) is 0 Å². The van der Waals surface area contributed by atoms with Crippen molar-refractivity contribution in [3.8, 4) is 17.0 Å². The molecule has 1 aromatic heterocycles. The molecular formula is C26H35NO2. The summed E-state index contributed by atoms with van der Waals surface area (Å²) in [6.45, 7) is 4.41. The van der Waals surface area contributed by atoms with Gasteiger partial charge in [-0.3, -0.25) is 4.98 Å². The Morgan fingerprint density at radius 3 is 2.31 bits per heavy atom. The SMILES string of the molecule is CCCCCC=CC(=O)Oc1ccc(-c2ccc(CCCCCCC)cn2)cc1. The van der Waals surface area contributed by atoms with Gasteiger partial charge >= 0.3 is 5.97 Å². The lowest BCUT2D eigenvalue weighted by Crippen LogP contribution is -2.03. The van der Waals surface area contributed by atoms with Crippen LogP contribution in [0.4, 0.5) is 0 Å². The van der Waals surface area contributed by atoms with Gasteiger partial charge in [-0.1, -0.05) is 64.5 Å². The average Bonchev–Trinajstić information content (AvgIpc) is 2.74. The molecule has 0 aliphatic heterocycles. The van der Waals surface area contributed by atoms with E-state index in [9.17, 15) is 4.79 Å². The topological polar surface area (TPSA) is 39.2 Å². The van der Waals surface area contributed by atoms with E-state index in [0.29, 0.717) is 5.75 Å². The predicted octanol–water partition coefficient (Wildman–Crippen LogP) is 7.30. The number of aromatic nitrogens is 1. The van der Waals surface area contributed by atoms with Gasteiger partial charge in [0.2, 0.25) is 0 Å². The van der Waals surface area contributed by atoms with Crippen molar-refractivity contribution >= 4 is 5.97 Å². The molecule has 0 saturated carbocycles. The second-order valence-electron chi connectivity index (χ2n) is 7.56. The minimum absolute atomic E-state index is 0.323. The fraction of sp³-hybridized carbons (Fsp3) is 0.462. The van der Waals surface area contributed by atoms with Crippen LogP contribution >= 0.6 is 0 Å². The molecule has 0 atom stereocenters. The molecular weight excluding hydrogens is 358 g/mol. The molecule has 1 aromatic carbocycles. The normalized spacial score (nSPS) is 11.1. The molecule has 3 nitrogen and oxygen atoms in total. The average molecular weight is 394 g/mol. The number of esters is 1. The number of aryl methyl sites for hydroxylation is 1. The maximum Gasteiger partial charge on any atom is 0.335 e. The first-order chi connectivity index (χ1) is 14.2. The van der Waals surface area contributed by atoms with Crippen LogP contribution in [0.15, 0.2) is 54.7 Å². The molecule has 0 fully saturated rings. The van der Waals surface area contributed by atoms with Gasteiger partial charge in [0.05, 0.1) is 5.69 Å². The van der Waals surface area contributed by atoms with Crippen molar-refractivity contribution < 1.29 is 9.53 Å². The van der Waals surface area contributed by atoms with Gasteiger partial charge in [0.1, 0.15) is 5.75 Å². The van der Waals surface area contributed by atoms with E-state index >= 15 is 0 Å². The number of hydrogen-bond donors (Lipinski definition) is 0. The number of unbranched alkanes of at least 4 members (excludes halogenated alkanes) is 7. The zero-order valence-corrected chi connectivity index (χ0v) is 18.0. The largest absolute Gasteiger partial charge is 0.423 e. The third kappa shape index (κ3) is 9.08. The highest BCUT2D eigenvalue weighted by atomic mass is 16.5. The molecule has 0 radical (unpaired) electrons. The Morgan fingerprint density at radius 2 is 1.62 bits per heavy atom. The number of rotatable bonds is 13. The molecule has 0 amide bonds. The molecule has 0 unspecified atom stereocenters. The molecule has 0 aliphatic carbocycles. The Morgan fingerprint density at radius 1 is 0.897 bits per heavy atom. The fourth-order valence-corrected chi connectivity index (χ4v) is 3.21. The lowest BCUT2D eigenvalue weighted by atomic mass is 10.1. The third-order valence-corrected chi connectivity index (χ3v) is 4.99. The second-order valence-corrected chi connectivity index (χ2v) is 7.56. The summed E-state index contributed by atoms with van der Waals surface area (Å²) in [7, 11) is 0. The van der Waals surface area contributed by atoms with Crippen molar-refractivity contribution in [2.24, 2.45) is 0 Å². The van der Waals surface area contributed by atoms with Crippen LogP contribution in [0.25, 0.3) is 11.3 Å². The van der Waals surface area contributed by atoms with Gasteiger partial charge in [-0.25, -0.2) is 4.79 Å². The number of carbonyl (C=O) groups is 1. The van der Waals surface area contributed by atoms with Crippen molar-refractivity contribution in [1.82, 2.24) is 4.98 Å². The number of benzene rings is 1. The number of carbonyl (C=O) groups excluding carboxylic acids is 1. The van der Waals surface area contributed by atoms with Gasteiger partial charge in [-0.05, 0) is 61.6 Å². The first-order valence-electron chi connectivity index (χ1n) is 11.2. The minimum atomic E-state index is -0.323. The molecule has 1 heterocycles. The molecule has 0 spiro atoms. The fourth-order valence-electron chi connectivity index (χ4n) is 3.21. The van der Waals surface area contributed by atoms with E-state index < -0.39 is 0 Å². The number of allylic oxidation sites excluding steroid dienone is 1. The summed E-state index contributed by atoms with van der Waals surface area (Å²) >= 11 is 0. The molecule has 2 rings (SSSR count). The molecule has 3 heteroatoms. The van der Waals surface area contributed by atoms with Crippen molar-refractivity contribution in [2.75, 3.05) is 0 Å². The Bertz CT molecular complexity index is 732. The standard InChI is InChI=1S/C26H35NO2/c1-3-5-7-9-11-13-22-15-20-25(27-21-22)23-16-18-24(19-17-23)29-26(28)14-12-10-8-6-4-2/h12,14-21H,3-11,13H2,1-2H3. The summed E-state index contributed by atoms with van der Waals surface area (Å²) in [5, 5.41) is 0. The van der Waals surface area contributed by atoms with E-state index in [4.69, 9.17) is 4.74 Å². The Hall–Kier alpha value is -2.42. The maximum atomic E-state index is 11.9. The van der Waals surface area contributed by atoms with Crippen LogP contribution in [-0.2, 0) is 11.2 Å². The van der Waals surface area contributed by atoms with Crippen LogP contribution in [0.2, 0.25) is 0 Å². The summed E-state index contributed by atoms with van der Waals surface area (Å²) in [4.78, 5) is 16.5. The van der Waals surface area contributed by atoms with Crippen molar-refractivity contribution in [3.05, 3.63) is 60.3 Å². The smallest absolute Gasteiger partial charge is 0.335 e. The maximum absolute atomic E-state index is 11.9. The highest BCUT2D eigenvalue weighted by molar-refractivity contribution is 5.84. The van der Waals surface area contributed by atoms with Gasteiger partial charge in [0.25, 0.3) is 0 Å². The quantitative estimate of drug-likeness (QED) is 0.155. The summed E-state index contributed by atoms with van der Waals surface area (Å²) in [5.41, 5.74) is 3.25. The first-order valence-corrected chi connectivity index (χ1v) is 11.2. The highest BCUT2D eigenvalue weighted by Crippen LogP contribution is 2.21. The van der Waals surface area contributed by atoms with Crippen LogP contribution in [0.5, 0.6) is 5.75 Å². The number of pyridine rings is 1. The van der Waals surface area contributed by atoms with Crippen LogP contribution in [0.1, 0.15) is 77.2 Å². The van der Waals surface area contributed by atoms with E-state index in [0.717, 1.165) is 30.5 Å². The molecule has 0 N–H and O–H groups in total. The third-order valence-electron chi connectivity index (χ3n) is 4.99. The number of hydrogen-bond acceptors (Lipinski definition) is 3. The van der Waals surface area contributed by atoms with Crippen LogP contribution in [0.3, 0.4) is 0 Å². The van der Waals surface area contributed by atoms with Crippen molar-refractivity contribution in [1.29, 1.82) is 0 Å². The van der Waals surface area contributed by atoms with E-state index in [2.05, 4.69) is 31.0 Å².